The number of carboxylic acids is 1. The van der Waals surface area contributed by atoms with E-state index in [-0.39, 0.29) is 11.1 Å². The van der Waals surface area contributed by atoms with Gasteiger partial charge in [-0.25, -0.2) is 4.39 Å². The topological polar surface area (TPSA) is 102 Å². The number of hydrogen-bond donors (Lipinski definition) is 3. The summed E-state index contributed by atoms with van der Waals surface area (Å²) in [5.74, 6) is -2.02. The van der Waals surface area contributed by atoms with Crippen molar-refractivity contribution in [3.63, 3.8) is 0 Å². The molecule has 0 fully saturated rings. The number of aliphatic hydroxyl groups is 2. The molecule has 5 nitrogen and oxygen atoms in total. The summed E-state index contributed by atoms with van der Waals surface area (Å²) in [5.41, 5.74) is -0.0446. The summed E-state index contributed by atoms with van der Waals surface area (Å²) >= 11 is 0. The van der Waals surface area contributed by atoms with Crippen LogP contribution in [0.15, 0.2) is 18.2 Å². The van der Waals surface area contributed by atoms with Gasteiger partial charge in [0.15, 0.2) is 0 Å². The monoisotopic (exact) mass is 239 g/mol. The maximum atomic E-state index is 13.0. The number of halogens is 1. The molecular weight excluding hydrogens is 229 g/mol. The Morgan fingerprint density at radius 3 is 2.59 bits per heavy atom. The summed E-state index contributed by atoms with van der Waals surface area (Å²) in [6.45, 7) is 0. The van der Waals surface area contributed by atoms with Crippen molar-refractivity contribution in [3.05, 3.63) is 35.1 Å². The van der Waals surface area contributed by atoms with E-state index in [2.05, 4.69) is 0 Å². The normalized spacial score (nSPS) is 13.8. The Morgan fingerprint density at radius 2 is 2.06 bits per heavy atom. The van der Waals surface area contributed by atoms with Crippen LogP contribution in [0.4, 0.5) is 4.39 Å². The highest BCUT2D eigenvalue weighted by atomic mass is 19.1. The molecule has 0 aliphatic heterocycles. The first-order valence-electron chi connectivity index (χ1n) is 4.72. The molecule has 1 rings (SSSR count). The van der Waals surface area contributed by atoms with Gasteiger partial charge < -0.3 is 15.3 Å². The van der Waals surface area contributed by atoms with E-state index in [1.165, 1.54) is 6.07 Å². The van der Waals surface area contributed by atoms with E-state index in [4.69, 9.17) is 10.4 Å². The van der Waals surface area contributed by atoms with Crippen molar-refractivity contribution in [2.75, 3.05) is 0 Å². The Morgan fingerprint density at radius 1 is 1.41 bits per heavy atom. The molecule has 0 radical (unpaired) electrons. The molecule has 0 aliphatic carbocycles. The van der Waals surface area contributed by atoms with E-state index in [1.807, 2.05) is 0 Å². The predicted molar refractivity (Wildman–Crippen MR) is 54.3 cm³/mol. The van der Waals surface area contributed by atoms with E-state index in [1.54, 1.807) is 6.07 Å². The highest BCUT2D eigenvalue weighted by molar-refractivity contribution is 5.67. The molecule has 2 unspecified atom stereocenters. The van der Waals surface area contributed by atoms with Crippen LogP contribution in [-0.2, 0) is 4.79 Å². The second-order valence-electron chi connectivity index (χ2n) is 3.50. The molecule has 6 heteroatoms. The number of hydrogen-bond acceptors (Lipinski definition) is 4. The number of rotatable bonds is 4. The highest BCUT2D eigenvalue weighted by Gasteiger charge is 2.22. The second-order valence-corrected chi connectivity index (χ2v) is 3.50. The third-order valence-corrected chi connectivity index (χ3v) is 2.14. The maximum Gasteiger partial charge on any atom is 0.306 e. The number of carboxylic acid groups (broad SMARTS) is 1. The van der Waals surface area contributed by atoms with Gasteiger partial charge in [-0.2, -0.15) is 5.26 Å². The van der Waals surface area contributed by atoms with Crippen molar-refractivity contribution in [1.29, 1.82) is 5.26 Å². The number of nitrogens with zero attached hydrogens (tertiary/aromatic N) is 1. The lowest BCUT2D eigenvalue weighted by Gasteiger charge is -2.16. The van der Waals surface area contributed by atoms with Crippen LogP contribution in [-0.4, -0.2) is 27.4 Å². The van der Waals surface area contributed by atoms with E-state index >= 15 is 0 Å². The van der Waals surface area contributed by atoms with Gasteiger partial charge >= 0.3 is 5.97 Å². The van der Waals surface area contributed by atoms with Gasteiger partial charge in [0.25, 0.3) is 0 Å². The predicted octanol–water partition coefficient (Wildman–Crippen LogP) is 0.566. The molecule has 1 aromatic carbocycles. The van der Waals surface area contributed by atoms with E-state index in [0.717, 1.165) is 12.1 Å². The molecule has 3 N–H and O–H groups in total. The first-order chi connectivity index (χ1) is 7.93. The lowest BCUT2D eigenvalue weighted by Crippen LogP contribution is -2.21. The zero-order chi connectivity index (χ0) is 13.0. The average molecular weight is 239 g/mol. The van der Waals surface area contributed by atoms with Crippen LogP contribution in [0.3, 0.4) is 0 Å². The first-order valence-corrected chi connectivity index (χ1v) is 4.72. The molecule has 90 valence electrons. The molecule has 0 aliphatic rings. The molecule has 0 bridgehead atoms. The quantitative estimate of drug-likeness (QED) is 0.712. The highest BCUT2D eigenvalue weighted by Crippen LogP contribution is 2.21. The molecule has 1 aromatic rings. The van der Waals surface area contributed by atoms with Crippen LogP contribution in [0.25, 0.3) is 0 Å². The number of aliphatic carboxylic acids is 1. The van der Waals surface area contributed by atoms with Crippen LogP contribution in [0.1, 0.15) is 23.7 Å². The number of nitriles is 1. The largest absolute Gasteiger partial charge is 0.481 e. The smallest absolute Gasteiger partial charge is 0.306 e. The summed E-state index contributed by atoms with van der Waals surface area (Å²) < 4.78 is 13.0. The summed E-state index contributed by atoms with van der Waals surface area (Å²) in [7, 11) is 0. The van der Waals surface area contributed by atoms with Crippen LogP contribution in [0.5, 0.6) is 0 Å². The van der Waals surface area contributed by atoms with Gasteiger partial charge in [-0.15, -0.1) is 0 Å². The summed E-state index contributed by atoms with van der Waals surface area (Å²) in [6.07, 6.45) is -3.77. The van der Waals surface area contributed by atoms with Gasteiger partial charge in [-0.05, 0) is 23.8 Å². The van der Waals surface area contributed by atoms with Gasteiger partial charge in [0.1, 0.15) is 11.9 Å². The van der Waals surface area contributed by atoms with Gasteiger partial charge in [-0.3, -0.25) is 4.79 Å². The van der Waals surface area contributed by atoms with Crippen LogP contribution < -0.4 is 0 Å². The molecule has 17 heavy (non-hydrogen) atoms. The van der Waals surface area contributed by atoms with Crippen molar-refractivity contribution in [3.8, 4) is 6.07 Å². The molecule has 0 heterocycles. The van der Waals surface area contributed by atoms with E-state index < -0.39 is 30.4 Å². The zero-order valence-electron chi connectivity index (χ0n) is 8.67. The Kier molecular flexibility index (Phi) is 4.15. The Hall–Kier alpha value is -1.97. The second kappa shape index (κ2) is 5.39. The first kappa shape index (κ1) is 13.1. The van der Waals surface area contributed by atoms with Crippen LogP contribution in [0, 0.1) is 17.1 Å². The molecule has 0 saturated heterocycles. The van der Waals surface area contributed by atoms with Gasteiger partial charge in [-0.1, -0.05) is 0 Å². The van der Waals surface area contributed by atoms with Gasteiger partial charge in [0.05, 0.1) is 24.2 Å². The standard InChI is InChI=1S/C11H10FNO4/c12-8-2-6(5-13)1-7(3-8)11(17)9(14)4-10(15)16/h1-3,9,11,14,17H,4H2,(H,15,16). The molecule has 0 amide bonds. The molecular formula is C11H10FNO4. The van der Waals surface area contributed by atoms with Crippen molar-refractivity contribution >= 4 is 5.97 Å². The van der Waals surface area contributed by atoms with Crippen molar-refractivity contribution < 1.29 is 24.5 Å². The summed E-state index contributed by atoms with van der Waals surface area (Å²) in [4.78, 5) is 10.3. The Labute approximate surface area is 96.4 Å². The SMILES string of the molecule is N#Cc1cc(F)cc(C(O)C(O)CC(=O)O)c1. The third-order valence-electron chi connectivity index (χ3n) is 2.14. The fourth-order valence-electron chi connectivity index (χ4n) is 1.36. The molecule has 0 aromatic heterocycles. The number of benzene rings is 1. The third kappa shape index (κ3) is 3.52. The lowest BCUT2D eigenvalue weighted by molar-refractivity contribution is -0.141. The number of aliphatic hydroxyl groups excluding tert-OH is 2. The lowest BCUT2D eigenvalue weighted by atomic mass is 10.0. The summed E-state index contributed by atoms with van der Waals surface area (Å²) in [6, 6.07) is 4.80. The maximum absolute atomic E-state index is 13.0. The molecule has 2 atom stereocenters. The van der Waals surface area contributed by atoms with E-state index in [0.29, 0.717) is 0 Å². The van der Waals surface area contributed by atoms with Crippen LogP contribution in [0.2, 0.25) is 0 Å². The van der Waals surface area contributed by atoms with Gasteiger partial charge in [0.2, 0.25) is 0 Å². The van der Waals surface area contributed by atoms with Crippen molar-refractivity contribution in [2.24, 2.45) is 0 Å². The minimum absolute atomic E-state index is 0.0124. The minimum Gasteiger partial charge on any atom is -0.481 e. The van der Waals surface area contributed by atoms with Crippen molar-refractivity contribution in [2.45, 2.75) is 18.6 Å². The number of carbonyl (C=O) groups is 1. The van der Waals surface area contributed by atoms with Crippen molar-refractivity contribution in [1.82, 2.24) is 0 Å². The van der Waals surface area contributed by atoms with Gasteiger partial charge in [0, 0.05) is 0 Å². The summed E-state index contributed by atoms with van der Waals surface area (Å²) in [5, 5.41) is 36.0. The Balaban J connectivity index is 2.96. The average Bonchev–Trinajstić information content (AvgIpc) is 2.26. The fourth-order valence-corrected chi connectivity index (χ4v) is 1.36. The van der Waals surface area contributed by atoms with Crippen LogP contribution >= 0.6 is 0 Å². The zero-order valence-corrected chi connectivity index (χ0v) is 8.67. The molecule has 0 saturated carbocycles. The van der Waals surface area contributed by atoms with E-state index in [9.17, 15) is 19.4 Å². The molecule has 0 spiro atoms. The minimum atomic E-state index is -1.55. The Bertz CT molecular complexity index is 469. The fraction of sp³-hybridized carbons (Fsp3) is 0.273.